The van der Waals surface area contributed by atoms with E-state index in [1.807, 2.05) is 0 Å². The first-order valence-corrected chi connectivity index (χ1v) is 13.4. The number of Topliss-reactive ketones (excluding diaryl/α,β-unsaturated/α-hetero) is 2. The molecule has 1 aromatic rings. The molecule has 0 heterocycles. The van der Waals surface area contributed by atoms with Crippen molar-refractivity contribution in [2.75, 3.05) is 6.61 Å². The van der Waals surface area contributed by atoms with Gasteiger partial charge in [-0.2, -0.15) is 0 Å². The quantitative estimate of drug-likeness (QED) is 0.247. The second-order valence-corrected chi connectivity index (χ2v) is 10.3. The van der Waals surface area contributed by atoms with Crippen LogP contribution in [0.3, 0.4) is 0 Å². The van der Waals surface area contributed by atoms with Gasteiger partial charge in [0.2, 0.25) is 0 Å². The van der Waals surface area contributed by atoms with Crippen LogP contribution in [0.4, 0.5) is 0 Å². The van der Waals surface area contributed by atoms with E-state index < -0.39 is 0 Å². The SMILES string of the molecule is CCCCCC1CCC(C(=O)C[C@H]2CC[C@H](c3ccc(OCCCC)cc3)CC2)C(=O)C1. The summed E-state index contributed by atoms with van der Waals surface area (Å²) in [6.45, 7) is 5.18. The first kappa shape index (κ1) is 25.0. The number of hydrogen-bond donors (Lipinski definition) is 0. The number of hydrogen-bond acceptors (Lipinski definition) is 3. The molecule has 0 bridgehead atoms. The second kappa shape index (κ2) is 13.2. The van der Waals surface area contributed by atoms with Crippen LogP contribution in [0.2, 0.25) is 0 Å². The van der Waals surface area contributed by atoms with Gasteiger partial charge in [-0.15, -0.1) is 0 Å². The molecule has 0 radical (unpaired) electrons. The molecule has 32 heavy (non-hydrogen) atoms. The van der Waals surface area contributed by atoms with Crippen LogP contribution in [0.15, 0.2) is 24.3 Å². The van der Waals surface area contributed by atoms with E-state index in [4.69, 9.17) is 4.74 Å². The fourth-order valence-corrected chi connectivity index (χ4v) is 5.66. The number of benzene rings is 1. The highest BCUT2D eigenvalue weighted by Crippen LogP contribution is 2.39. The lowest BCUT2D eigenvalue weighted by Gasteiger charge is -2.31. The molecule has 2 atom stereocenters. The second-order valence-electron chi connectivity index (χ2n) is 10.3. The van der Waals surface area contributed by atoms with E-state index in [1.165, 1.54) is 24.8 Å². The molecule has 0 aromatic heterocycles. The Kier molecular flexibility index (Phi) is 10.3. The lowest BCUT2D eigenvalue weighted by atomic mass is 9.73. The van der Waals surface area contributed by atoms with Crippen molar-refractivity contribution in [3.8, 4) is 5.75 Å². The van der Waals surface area contributed by atoms with Gasteiger partial charge in [0.25, 0.3) is 0 Å². The summed E-state index contributed by atoms with van der Waals surface area (Å²) in [7, 11) is 0. The highest BCUT2D eigenvalue weighted by atomic mass is 16.5. The first-order valence-electron chi connectivity index (χ1n) is 13.4. The Morgan fingerprint density at radius 2 is 1.56 bits per heavy atom. The molecular weight excluding hydrogens is 396 g/mol. The van der Waals surface area contributed by atoms with Crippen molar-refractivity contribution in [3.63, 3.8) is 0 Å². The summed E-state index contributed by atoms with van der Waals surface area (Å²) in [5.74, 6) is 2.71. The summed E-state index contributed by atoms with van der Waals surface area (Å²) in [6, 6.07) is 8.64. The first-order chi connectivity index (χ1) is 15.6. The van der Waals surface area contributed by atoms with E-state index in [0.29, 0.717) is 30.6 Å². The Hall–Kier alpha value is -1.64. The molecule has 0 amide bonds. The van der Waals surface area contributed by atoms with Crippen molar-refractivity contribution in [1.82, 2.24) is 0 Å². The smallest absolute Gasteiger partial charge is 0.143 e. The van der Waals surface area contributed by atoms with Crippen LogP contribution in [0.5, 0.6) is 5.75 Å². The summed E-state index contributed by atoms with van der Waals surface area (Å²) in [5, 5.41) is 0. The minimum atomic E-state index is -0.296. The van der Waals surface area contributed by atoms with Crippen molar-refractivity contribution in [2.24, 2.45) is 17.8 Å². The van der Waals surface area contributed by atoms with Crippen molar-refractivity contribution in [3.05, 3.63) is 29.8 Å². The maximum absolute atomic E-state index is 12.9. The molecule has 2 saturated carbocycles. The Morgan fingerprint density at radius 1 is 0.875 bits per heavy atom. The maximum atomic E-state index is 12.9. The molecule has 0 saturated heterocycles. The van der Waals surface area contributed by atoms with Crippen molar-refractivity contribution in [1.29, 1.82) is 0 Å². The van der Waals surface area contributed by atoms with Gasteiger partial charge in [0.05, 0.1) is 12.5 Å². The van der Waals surface area contributed by atoms with Gasteiger partial charge in [-0.25, -0.2) is 0 Å². The predicted molar refractivity (Wildman–Crippen MR) is 131 cm³/mol. The zero-order chi connectivity index (χ0) is 22.8. The lowest BCUT2D eigenvalue weighted by Crippen LogP contribution is -2.32. The Labute approximate surface area is 195 Å². The molecule has 3 heteroatoms. The molecule has 3 rings (SSSR count). The van der Waals surface area contributed by atoms with Crippen molar-refractivity contribution in [2.45, 2.75) is 110 Å². The number of ether oxygens (including phenoxy) is 1. The van der Waals surface area contributed by atoms with Crippen LogP contribution >= 0.6 is 0 Å². The van der Waals surface area contributed by atoms with Crippen LogP contribution in [0, 0.1) is 17.8 Å². The molecule has 0 aliphatic heterocycles. The van der Waals surface area contributed by atoms with Gasteiger partial charge in [-0.1, -0.05) is 58.1 Å². The topological polar surface area (TPSA) is 43.4 Å². The average molecular weight is 441 g/mol. The van der Waals surface area contributed by atoms with Crippen LogP contribution in [0.1, 0.15) is 115 Å². The van der Waals surface area contributed by atoms with Gasteiger partial charge in [-0.3, -0.25) is 9.59 Å². The summed E-state index contributed by atoms with van der Waals surface area (Å²) in [5.41, 5.74) is 1.40. The normalized spacial score (nSPS) is 26.1. The molecule has 178 valence electrons. The molecule has 3 nitrogen and oxygen atoms in total. The predicted octanol–water partition coefficient (Wildman–Crippen LogP) is 7.66. The number of ketones is 2. The fourth-order valence-electron chi connectivity index (χ4n) is 5.66. The van der Waals surface area contributed by atoms with Gasteiger partial charge >= 0.3 is 0 Å². The highest BCUT2D eigenvalue weighted by molar-refractivity contribution is 6.02. The summed E-state index contributed by atoms with van der Waals surface area (Å²) in [6.07, 6.45) is 14.7. The summed E-state index contributed by atoms with van der Waals surface area (Å²) >= 11 is 0. The minimum absolute atomic E-state index is 0.234. The molecule has 2 unspecified atom stereocenters. The van der Waals surface area contributed by atoms with Gasteiger partial charge in [-0.05, 0) is 80.4 Å². The van der Waals surface area contributed by atoms with Crippen LogP contribution in [-0.4, -0.2) is 18.2 Å². The third kappa shape index (κ3) is 7.46. The number of rotatable bonds is 12. The monoisotopic (exact) mass is 440 g/mol. The third-order valence-corrected chi connectivity index (χ3v) is 7.80. The van der Waals surface area contributed by atoms with Gasteiger partial charge < -0.3 is 4.74 Å². The molecule has 2 fully saturated rings. The molecule has 0 spiro atoms. The lowest BCUT2D eigenvalue weighted by molar-refractivity contribution is -0.136. The summed E-state index contributed by atoms with van der Waals surface area (Å²) < 4.78 is 5.78. The molecule has 1 aromatic carbocycles. The number of carbonyl (C=O) groups is 2. The van der Waals surface area contributed by atoms with Crippen LogP contribution in [0.25, 0.3) is 0 Å². The Balaban J connectivity index is 1.39. The van der Waals surface area contributed by atoms with Crippen LogP contribution < -0.4 is 4.74 Å². The largest absolute Gasteiger partial charge is 0.494 e. The molecule has 0 N–H and O–H groups in total. The summed E-state index contributed by atoms with van der Waals surface area (Å²) in [4.78, 5) is 25.5. The minimum Gasteiger partial charge on any atom is -0.494 e. The molecule has 2 aliphatic rings. The number of carbonyl (C=O) groups excluding carboxylic acids is 2. The van der Waals surface area contributed by atoms with E-state index in [-0.39, 0.29) is 17.5 Å². The van der Waals surface area contributed by atoms with E-state index in [0.717, 1.165) is 70.1 Å². The molecule has 2 aliphatic carbocycles. The Bertz CT molecular complexity index is 700. The van der Waals surface area contributed by atoms with Crippen LogP contribution in [-0.2, 0) is 9.59 Å². The molecular formula is C29H44O3. The zero-order valence-electron chi connectivity index (χ0n) is 20.5. The van der Waals surface area contributed by atoms with Gasteiger partial charge in [0.15, 0.2) is 0 Å². The highest BCUT2D eigenvalue weighted by Gasteiger charge is 2.34. The van der Waals surface area contributed by atoms with E-state index in [9.17, 15) is 9.59 Å². The fraction of sp³-hybridized carbons (Fsp3) is 0.724. The van der Waals surface area contributed by atoms with Crippen molar-refractivity contribution < 1.29 is 14.3 Å². The average Bonchev–Trinajstić information content (AvgIpc) is 2.80. The maximum Gasteiger partial charge on any atom is 0.143 e. The van der Waals surface area contributed by atoms with E-state index in [2.05, 4.69) is 38.1 Å². The zero-order valence-corrected chi connectivity index (χ0v) is 20.5. The van der Waals surface area contributed by atoms with Gasteiger partial charge in [0.1, 0.15) is 17.3 Å². The standard InChI is InChI=1S/C29H44O3/c1-3-5-7-8-22-11-18-27(28(30)20-22)29(31)21-23-9-12-24(13-10-23)25-14-16-26(17-15-25)32-19-6-4-2/h14-17,22-24,27H,3-13,18-21H2,1-2H3/t22?,23-,24-,27?. The van der Waals surface area contributed by atoms with E-state index in [1.54, 1.807) is 0 Å². The third-order valence-electron chi connectivity index (χ3n) is 7.80. The Morgan fingerprint density at radius 3 is 2.22 bits per heavy atom. The van der Waals surface area contributed by atoms with E-state index >= 15 is 0 Å². The van der Waals surface area contributed by atoms with Gasteiger partial charge in [0, 0.05) is 12.8 Å². The van der Waals surface area contributed by atoms with Crippen molar-refractivity contribution >= 4 is 11.6 Å². The number of unbranched alkanes of at least 4 members (excludes halogenated alkanes) is 3.